The number of ether oxygens (including phenoxy) is 1. The first-order valence-electron chi connectivity index (χ1n) is 7.79. The van der Waals surface area contributed by atoms with Crippen LogP contribution in [-0.4, -0.2) is 45.2 Å². The van der Waals surface area contributed by atoms with Crippen LogP contribution in [0.2, 0.25) is 0 Å². The number of amides is 2. The molecule has 3 heterocycles. The van der Waals surface area contributed by atoms with Crippen LogP contribution in [0.3, 0.4) is 0 Å². The van der Waals surface area contributed by atoms with E-state index in [9.17, 15) is 9.59 Å². The normalized spacial score (nSPS) is 13.3. The number of aryl methyl sites for hydroxylation is 1. The predicted octanol–water partition coefficient (Wildman–Crippen LogP) is 1.88. The Labute approximate surface area is 139 Å². The van der Waals surface area contributed by atoms with Gasteiger partial charge in [-0.15, -0.1) is 0 Å². The zero-order chi connectivity index (χ0) is 17.1. The maximum atomic E-state index is 12.6. The molecule has 3 rings (SSSR count). The minimum atomic E-state index is -0.341. The van der Waals surface area contributed by atoms with Crippen molar-refractivity contribution in [3.63, 3.8) is 0 Å². The summed E-state index contributed by atoms with van der Waals surface area (Å²) < 4.78 is 5.03. The largest absolute Gasteiger partial charge is 0.450 e. The van der Waals surface area contributed by atoms with Crippen LogP contribution in [0.25, 0.3) is 0 Å². The van der Waals surface area contributed by atoms with Gasteiger partial charge in [0.1, 0.15) is 0 Å². The Bertz CT molecular complexity index is 771. The van der Waals surface area contributed by atoms with Crippen LogP contribution < -0.4 is 5.32 Å². The van der Waals surface area contributed by atoms with Crippen LogP contribution in [0, 0.1) is 6.92 Å². The molecule has 126 valence electrons. The molecule has 2 amide bonds. The first-order valence-corrected chi connectivity index (χ1v) is 7.79. The molecule has 2 aromatic heterocycles. The molecule has 0 spiro atoms. The molecule has 1 aliphatic rings. The summed E-state index contributed by atoms with van der Waals surface area (Å²) in [6.45, 7) is 4.86. The third kappa shape index (κ3) is 3.08. The quantitative estimate of drug-likeness (QED) is 0.895. The second kappa shape index (κ2) is 6.69. The maximum absolute atomic E-state index is 12.6. The van der Waals surface area contributed by atoms with Gasteiger partial charge in [-0.2, -0.15) is 5.10 Å². The fourth-order valence-corrected chi connectivity index (χ4v) is 2.73. The molecule has 0 unspecified atom stereocenters. The van der Waals surface area contributed by atoms with E-state index in [-0.39, 0.29) is 12.0 Å². The number of anilines is 1. The second-order valence-corrected chi connectivity index (χ2v) is 5.56. The number of nitrogens with zero attached hydrogens (tertiary/aromatic N) is 3. The fourth-order valence-electron chi connectivity index (χ4n) is 2.73. The lowest BCUT2D eigenvalue weighted by Crippen LogP contribution is -2.37. The summed E-state index contributed by atoms with van der Waals surface area (Å²) in [6, 6.07) is 0. The highest BCUT2D eigenvalue weighted by atomic mass is 16.6. The highest BCUT2D eigenvalue weighted by Crippen LogP contribution is 2.23. The van der Waals surface area contributed by atoms with Gasteiger partial charge in [0, 0.05) is 18.9 Å². The summed E-state index contributed by atoms with van der Waals surface area (Å²) in [6.07, 6.45) is 5.07. The first-order chi connectivity index (χ1) is 11.6. The van der Waals surface area contributed by atoms with Crippen LogP contribution in [0.15, 0.2) is 18.6 Å². The van der Waals surface area contributed by atoms with Gasteiger partial charge in [0.15, 0.2) is 0 Å². The fraction of sp³-hybridized carbons (Fsp3) is 0.375. The molecule has 2 N–H and O–H groups in total. The molecule has 0 saturated heterocycles. The van der Waals surface area contributed by atoms with Crippen molar-refractivity contribution in [2.24, 2.45) is 0 Å². The number of hydrogen-bond donors (Lipinski definition) is 2. The van der Waals surface area contributed by atoms with Gasteiger partial charge in [-0.1, -0.05) is 0 Å². The van der Waals surface area contributed by atoms with Crippen molar-refractivity contribution in [2.45, 2.75) is 26.8 Å². The number of aromatic nitrogens is 3. The molecule has 24 heavy (non-hydrogen) atoms. The molecule has 0 aromatic carbocycles. The molecule has 0 saturated carbocycles. The van der Waals surface area contributed by atoms with Crippen molar-refractivity contribution in [1.82, 2.24) is 20.1 Å². The summed E-state index contributed by atoms with van der Waals surface area (Å²) in [5, 5.41) is 9.50. The zero-order valence-electron chi connectivity index (χ0n) is 13.6. The predicted molar refractivity (Wildman–Crippen MR) is 86.7 cm³/mol. The van der Waals surface area contributed by atoms with E-state index in [1.54, 1.807) is 30.4 Å². The summed E-state index contributed by atoms with van der Waals surface area (Å²) in [7, 11) is 0. The van der Waals surface area contributed by atoms with Gasteiger partial charge in [-0.3, -0.25) is 14.9 Å². The van der Waals surface area contributed by atoms with E-state index < -0.39 is 0 Å². The maximum Gasteiger partial charge on any atom is 0.410 e. The Kier molecular flexibility index (Phi) is 4.45. The van der Waals surface area contributed by atoms with Crippen molar-refractivity contribution in [3.8, 4) is 0 Å². The van der Waals surface area contributed by atoms with E-state index in [0.717, 1.165) is 16.8 Å². The average Bonchev–Trinajstić information content (AvgIpc) is 2.98. The molecule has 8 nitrogen and oxygen atoms in total. The molecule has 0 atom stereocenters. The van der Waals surface area contributed by atoms with Gasteiger partial charge >= 0.3 is 6.09 Å². The first kappa shape index (κ1) is 16.0. The lowest BCUT2D eigenvalue weighted by atomic mass is 9.97. The van der Waals surface area contributed by atoms with Crippen LogP contribution in [0.4, 0.5) is 10.5 Å². The highest BCUT2D eigenvalue weighted by molar-refractivity contribution is 6.05. The molecule has 1 aliphatic heterocycles. The number of carbonyl (C=O) groups excluding carboxylic acids is 2. The Morgan fingerprint density at radius 3 is 2.92 bits per heavy atom. The van der Waals surface area contributed by atoms with Crippen LogP contribution in [0.1, 0.15) is 34.1 Å². The van der Waals surface area contributed by atoms with Gasteiger partial charge in [0.2, 0.25) is 0 Å². The summed E-state index contributed by atoms with van der Waals surface area (Å²) in [5.74, 6) is -0.228. The van der Waals surface area contributed by atoms with Crippen molar-refractivity contribution < 1.29 is 14.3 Å². The van der Waals surface area contributed by atoms with Crippen molar-refractivity contribution in [2.75, 3.05) is 18.5 Å². The van der Waals surface area contributed by atoms with Crippen molar-refractivity contribution >= 4 is 17.7 Å². The summed E-state index contributed by atoms with van der Waals surface area (Å²) in [4.78, 5) is 30.2. The number of hydrogen-bond acceptors (Lipinski definition) is 5. The summed E-state index contributed by atoms with van der Waals surface area (Å²) >= 11 is 0. The SMILES string of the molecule is CCOC(=O)N1CCc2c(cncc2C(=O)Nc2cn[nH]c2C)C1. The Hall–Kier alpha value is -2.90. The molecule has 0 fully saturated rings. The molecular formula is C16H19N5O3. The third-order valence-corrected chi connectivity index (χ3v) is 3.99. The van der Waals surface area contributed by atoms with E-state index >= 15 is 0 Å². The van der Waals surface area contributed by atoms with E-state index in [4.69, 9.17) is 4.74 Å². The van der Waals surface area contributed by atoms with Gasteiger partial charge in [0.25, 0.3) is 5.91 Å². The van der Waals surface area contributed by atoms with Crippen molar-refractivity contribution in [3.05, 3.63) is 41.0 Å². The number of carbonyl (C=O) groups is 2. The molecule has 0 bridgehead atoms. The minimum Gasteiger partial charge on any atom is -0.450 e. The van der Waals surface area contributed by atoms with E-state index in [1.807, 2.05) is 6.92 Å². The zero-order valence-corrected chi connectivity index (χ0v) is 13.6. The summed E-state index contributed by atoms with van der Waals surface area (Å²) in [5.41, 5.74) is 3.74. The van der Waals surface area contributed by atoms with Crippen LogP contribution in [0.5, 0.6) is 0 Å². The molecule has 2 aromatic rings. The number of aromatic amines is 1. The number of pyridine rings is 1. The average molecular weight is 329 g/mol. The Morgan fingerprint density at radius 1 is 1.38 bits per heavy atom. The van der Waals surface area contributed by atoms with Crippen molar-refractivity contribution in [1.29, 1.82) is 0 Å². The van der Waals surface area contributed by atoms with Gasteiger partial charge in [0.05, 0.1) is 36.3 Å². The minimum absolute atomic E-state index is 0.228. The standard InChI is InChI=1S/C16H19N5O3/c1-3-24-16(23)21-5-4-12-11(9-21)6-17-7-13(12)15(22)19-14-8-18-20-10(14)2/h6-8H,3-5,9H2,1-2H3,(H,18,20)(H,19,22). The van der Waals surface area contributed by atoms with Crippen LogP contribution in [-0.2, 0) is 17.7 Å². The molecular weight excluding hydrogens is 310 g/mol. The molecule has 0 aliphatic carbocycles. The smallest absolute Gasteiger partial charge is 0.410 e. The number of rotatable bonds is 3. The second-order valence-electron chi connectivity index (χ2n) is 5.56. The Morgan fingerprint density at radius 2 is 2.21 bits per heavy atom. The number of fused-ring (bicyclic) bond motifs is 1. The lowest BCUT2D eigenvalue weighted by molar-refractivity contribution is 0.101. The number of H-pyrrole nitrogens is 1. The van der Waals surface area contributed by atoms with Gasteiger partial charge in [-0.25, -0.2) is 4.79 Å². The molecule has 0 radical (unpaired) electrons. The highest BCUT2D eigenvalue weighted by Gasteiger charge is 2.25. The Balaban J connectivity index is 1.80. The van der Waals surface area contributed by atoms with E-state index in [1.165, 1.54) is 0 Å². The van der Waals surface area contributed by atoms with Crippen LogP contribution >= 0.6 is 0 Å². The van der Waals surface area contributed by atoms with E-state index in [0.29, 0.717) is 37.4 Å². The van der Waals surface area contributed by atoms with Gasteiger partial charge in [-0.05, 0) is 31.4 Å². The lowest BCUT2D eigenvalue weighted by Gasteiger charge is -2.28. The number of nitrogens with one attached hydrogen (secondary N) is 2. The monoisotopic (exact) mass is 329 g/mol. The third-order valence-electron chi connectivity index (χ3n) is 3.99. The van der Waals surface area contributed by atoms with Gasteiger partial charge < -0.3 is 15.0 Å². The topological polar surface area (TPSA) is 100 Å². The van der Waals surface area contributed by atoms with E-state index in [2.05, 4.69) is 20.5 Å². The molecule has 8 heteroatoms.